The maximum absolute atomic E-state index is 12.2. The second kappa shape index (κ2) is 9.84. The lowest BCUT2D eigenvalue weighted by Gasteiger charge is -2.09. The van der Waals surface area contributed by atoms with E-state index in [1.807, 2.05) is 49.4 Å². The lowest BCUT2D eigenvalue weighted by Crippen LogP contribution is -2.34. The Morgan fingerprint density at radius 1 is 1.00 bits per heavy atom. The third-order valence-corrected chi connectivity index (χ3v) is 3.49. The Kier molecular flexibility index (Phi) is 7.18. The fourth-order valence-corrected chi connectivity index (χ4v) is 2.19. The molecule has 0 radical (unpaired) electrons. The van der Waals surface area contributed by atoms with Gasteiger partial charge in [-0.15, -0.1) is 0 Å². The van der Waals surface area contributed by atoms with Crippen molar-refractivity contribution in [1.29, 1.82) is 0 Å². The smallest absolute Gasteiger partial charge is 0.267 e. The number of methoxy groups -OCH3 is 1. The third-order valence-electron chi connectivity index (χ3n) is 3.49. The Labute approximate surface area is 153 Å². The van der Waals surface area contributed by atoms with Crippen LogP contribution in [0.5, 0.6) is 5.75 Å². The van der Waals surface area contributed by atoms with E-state index in [2.05, 4.69) is 10.6 Å². The summed E-state index contributed by atoms with van der Waals surface area (Å²) in [7, 11) is 1.59. The molecule has 2 N–H and O–H groups in total. The summed E-state index contributed by atoms with van der Waals surface area (Å²) in [6.45, 7) is 2.29. The predicted molar refractivity (Wildman–Crippen MR) is 103 cm³/mol. The molecule has 2 aromatic rings. The van der Waals surface area contributed by atoms with Crippen LogP contribution < -0.4 is 15.4 Å². The van der Waals surface area contributed by atoms with Crippen LogP contribution in [0.1, 0.15) is 18.1 Å². The highest BCUT2D eigenvalue weighted by molar-refractivity contribution is 6.04. The quantitative estimate of drug-likeness (QED) is 0.755. The van der Waals surface area contributed by atoms with Crippen molar-refractivity contribution in [2.24, 2.45) is 0 Å². The van der Waals surface area contributed by atoms with Crippen molar-refractivity contribution in [3.63, 3.8) is 0 Å². The van der Waals surface area contributed by atoms with Gasteiger partial charge in [0.05, 0.1) is 7.11 Å². The van der Waals surface area contributed by atoms with Crippen molar-refractivity contribution in [3.05, 3.63) is 77.5 Å². The lowest BCUT2D eigenvalue weighted by atomic mass is 10.1. The highest BCUT2D eigenvalue weighted by Gasteiger charge is 2.11. The van der Waals surface area contributed by atoms with Gasteiger partial charge in [-0.1, -0.05) is 42.5 Å². The van der Waals surface area contributed by atoms with E-state index in [0.717, 1.165) is 16.9 Å². The molecule has 5 nitrogen and oxygen atoms in total. The molecule has 0 aliphatic carbocycles. The van der Waals surface area contributed by atoms with Crippen molar-refractivity contribution < 1.29 is 14.3 Å². The first-order valence-electron chi connectivity index (χ1n) is 8.30. The minimum atomic E-state index is -0.375. The van der Waals surface area contributed by atoms with Crippen LogP contribution in [0.25, 0.3) is 12.2 Å². The highest BCUT2D eigenvalue weighted by atomic mass is 16.5. The summed E-state index contributed by atoms with van der Waals surface area (Å²) >= 11 is 0. The standard InChI is InChI=1S/C21H22N2O3/c1-3-22-21(25)19(15-17-9-12-18(26-2)13-10-17)23-20(24)14-11-16-7-5-4-6-8-16/h4-15H,3H2,1-2H3,(H,22,25)(H,23,24)/b14-11+,19-15+. The summed E-state index contributed by atoms with van der Waals surface area (Å²) in [4.78, 5) is 24.4. The molecule has 0 unspecified atom stereocenters. The van der Waals surface area contributed by atoms with E-state index in [1.165, 1.54) is 6.08 Å². The molecule has 5 heteroatoms. The number of carbonyl (C=O) groups is 2. The number of rotatable bonds is 7. The summed E-state index contributed by atoms with van der Waals surface area (Å²) in [5.74, 6) is 0.00110. The number of benzene rings is 2. The number of hydrogen-bond acceptors (Lipinski definition) is 3. The van der Waals surface area contributed by atoms with Crippen molar-refractivity contribution in [2.75, 3.05) is 13.7 Å². The summed E-state index contributed by atoms with van der Waals surface area (Å²) in [6.07, 6.45) is 4.72. The molecule has 0 bridgehead atoms. The van der Waals surface area contributed by atoms with E-state index in [9.17, 15) is 9.59 Å². The second-order valence-corrected chi connectivity index (χ2v) is 5.42. The van der Waals surface area contributed by atoms with Crippen LogP contribution in [0, 0.1) is 0 Å². The Morgan fingerprint density at radius 2 is 1.69 bits per heavy atom. The SMILES string of the molecule is CCNC(=O)/C(=C\c1ccc(OC)cc1)NC(=O)/C=C/c1ccccc1. The van der Waals surface area contributed by atoms with Crippen molar-refractivity contribution >= 4 is 24.0 Å². The molecular formula is C21H22N2O3. The fraction of sp³-hybridized carbons (Fsp3) is 0.143. The predicted octanol–water partition coefficient (Wildman–Crippen LogP) is 3.00. The van der Waals surface area contributed by atoms with Gasteiger partial charge in [-0.2, -0.15) is 0 Å². The molecule has 0 saturated carbocycles. The van der Waals surface area contributed by atoms with Crippen LogP contribution in [0.15, 0.2) is 66.4 Å². The average molecular weight is 350 g/mol. The van der Waals surface area contributed by atoms with Gasteiger partial charge in [0.2, 0.25) is 5.91 Å². The van der Waals surface area contributed by atoms with Crippen LogP contribution in [-0.4, -0.2) is 25.5 Å². The molecule has 0 aromatic heterocycles. The molecule has 0 saturated heterocycles. The number of ether oxygens (including phenoxy) is 1. The third kappa shape index (κ3) is 5.94. The fourth-order valence-electron chi connectivity index (χ4n) is 2.19. The molecule has 2 rings (SSSR count). The topological polar surface area (TPSA) is 67.4 Å². The number of nitrogens with one attached hydrogen (secondary N) is 2. The molecule has 0 aliphatic rings. The van der Waals surface area contributed by atoms with Gasteiger partial charge >= 0.3 is 0 Å². The monoisotopic (exact) mass is 350 g/mol. The van der Waals surface area contributed by atoms with E-state index in [-0.39, 0.29) is 17.5 Å². The van der Waals surface area contributed by atoms with Crippen LogP contribution >= 0.6 is 0 Å². The number of amides is 2. The number of carbonyl (C=O) groups excluding carboxylic acids is 2. The molecule has 0 aliphatic heterocycles. The Bertz CT molecular complexity index is 794. The van der Waals surface area contributed by atoms with Gasteiger partial charge in [0.15, 0.2) is 0 Å². The molecule has 2 amide bonds. The maximum Gasteiger partial charge on any atom is 0.267 e. The van der Waals surface area contributed by atoms with E-state index < -0.39 is 0 Å². The van der Waals surface area contributed by atoms with Gasteiger partial charge in [-0.3, -0.25) is 9.59 Å². The average Bonchev–Trinajstić information content (AvgIpc) is 2.67. The van der Waals surface area contributed by atoms with Crippen LogP contribution in [0.4, 0.5) is 0 Å². The first kappa shape index (κ1) is 19.0. The van der Waals surface area contributed by atoms with E-state index >= 15 is 0 Å². The molecular weight excluding hydrogens is 328 g/mol. The largest absolute Gasteiger partial charge is 0.497 e. The van der Waals surface area contributed by atoms with Crippen LogP contribution in [-0.2, 0) is 9.59 Å². The molecule has 2 aromatic carbocycles. The number of likely N-dealkylation sites (N-methyl/N-ethyl adjacent to an activating group) is 1. The van der Waals surface area contributed by atoms with E-state index in [4.69, 9.17) is 4.74 Å². The molecule has 0 fully saturated rings. The number of hydrogen-bond donors (Lipinski definition) is 2. The van der Waals surface area contributed by atoms with Gasteiger partial charge in [0.1, 0.15) is 11.4 Å². The summed E-state index contributed by atoms with van der Waals surface area (Å²) < 4.78 is 5.12. The molecule has 0 atom stereocenters. The molecule has 134 valence electrons. The van der Waals surface area contributed by atoms with Gasteiger partial charge in [0.25, 0.3) is 5.91 Å². The molecule has 0 spiro atoms. The zero-order chi connectivity index (χ0) is 18.8. The van der Waals surface area contributed by atoms with Crippen molar-refractivity contribution in [3.8, 4) is 5.75 Å². The van der Waals surface area contributed by atoms with Crippen molar-refractivity contribution in [1.82, 2.24) is 10.6 Å². The van der Waals surface area contributed by atoms with Gasteiger partial charge < -0.3 is 15.4 Å². The van der Waals surface area contributed by atoms with Crippen LogP contribution in [0.3, 0.4) is 0 Å². The normalized spacial score (nSPS) is 11.2. The molecule has 0 heterocycles. The summed E-state index contributed by atoms with van der Waals surface area (Å²) in [6, 6.07) is 16.7. The van der Waals surface area contributed by atoms with Gasteiger partial charge in [-0.25, -0.2) is 0 Å². The Balaban J connectivity index is 2.15. The summed E-state index contributed by atoms with van der Waals surface area (Å²) in [5.41, 5.74) is 1.86. The minimum Gasteiger partial charge on any atom is -0.497 e. The van der Waals surface area contributed by atoms with Crippen LogP contribution in [0.2, 0.25) is 0 Å². The zero-order valence-electron chi connectivity index (χ0n) is 14.9. The minimum absolute atomic E-state index is 0.180. The van der Waals surface area contributed by atoms with E-state index in [0.29, 0.717) is 6.54 Å². The first-order chi connectivity index (χ1) is 12.6. The van der Waals surface area contributed by atoms with Gasteiger partial charge in [0, 0.05) is 12.6 Å². The second-order valence-electron chi connectivity index (χ2n) is 5.42. The first-order valence-corrected chi connectivity index (χ1v) is 8.30. The Morgan fingerprint density at radius 3 is 2.31 bits per heavy atom. The lowest BCUT2D eigenvalue weighted by molar-refractivity contribution is -0.121. The maximum atomic E-state index is 12.2. The van der Waals surface area contributed by atoms with Gasteiger partial charge in [-0.05, 0) is 42.3 Å². The Hall–Kier alpha value is -3.34. The highest BCUT2D eigenvalue weighted by Crippen LogP contribution is 2.13. The van der Waals surface area contributed by atoms with Crippen molar-refractivity contribution in [2.45, 2.75) is 6.92 Å². The summed E-state index contributed by atoms with van der Waals surface area (Å²) in [5, 5.41) is 5.34. The van der Waals surface area contributed by atoms with E-state index in [1.54, 1.807) is 31.4 Å². The molecule has 26 heavy (non-hydrogen) atoms. The zero-order valence-corrected chi connectivity index (χ0v) is 14.9.